The number of carbonyl (C=O) groups excluding carboxylic acids is 4. The summed E-state index contributed by atoms with van der Waals surface area (Å²) in [5.74, 6) is -0.580. The minimum Gasteiger partial charge on any atom is -0.462 e. The van der Waals surface area contributed by atoms with Crippen LogP contribution in [0, 0.1) is 11.8 Å². The van der Waals surface area contributed by atoms with Crippen LogP contribution < -0.4 is 0 Å². The molecule has 0 aliphatic heterocycles. The van der Waals surface area contributed by atoms with E-state index < -0.39 is 97.5 Å². The van der Waals surface area contributed by atoms with Crippen LogP contribution in [0.25, 0.3) is 0 Å². The van der Waals surface area contributed by atoms with Crippen molar-refractivity contribution in [1.82, 2.24) is 0 Å². The molecule has 0 fully saturated rings. The molecular weight excluding hydrogens is 1330 g/mol. The molecule has 0 aromatic rings. The molecule has 0 spiro atoms. The van der Waals surface area contributed by atoms with E-state index in [9.17, 15) is 43.2 Å². The van der Waals surface area contributed by atoms with Gasteiger partial charge in [-0.1, -0.05) is 388 Å². The molecule has 3 N–H and O–H groups in total. The first-order valence-corrected chi connectivity index (χ1v) is 46.0. The van der Waals surface area contributed by atoms with Crippen LogP contribution in [0.3, 0.4) is 0 Å². The van der Waals surface area contributed by atoms with Gasteiger partial charge in [0.1, 0.15) is 19.3 Å². The summed E-state index contributed by atoms with van der Waals surface area (Å²) in [5.41, 5.74) is 0. The smallest absolute Gasteiger partial charge is 0.462 e. The standard InChI is InChI=1S/C83H162O17P2/c1-7-9-11-13-15-17-19-21-22-23-24-25-26-27-28-34-38-42-50-56-62-68-83(88)99-78(71-93-80(85)65-59-53-47-40-36-33-30-29-32-35-39-45-51-57-63-75(3)4)73-97-101(89,90)95-69-77(84)70-96-102(91,92)98-74-79(72-94-81(86)66-60-54-48-44-43-46-52-58-64-76(5)6)100-82(87)67-61-55-49-41-37-31-20-18-16-14-12-10-8-2/h75-79,84H,7-74H2,1-6H3,(H,89,90)(H,91,92)/t77-,78-,79-/m1/s1. The van der Waals surface area contributed by atoms with Gasteiger partial charge in [0.05, 0.1) is 26.4 Å². The lowest BCUT2D eigenvalue weighted by molar-refractivity contribution is -0.161. The first kappa shape index (κ1) is 100. The molecular formula is C83H162O17P2. The van der Waals surface area contributed by atoms with Crippen LogP contribution in [0.4, 0.5) is 0 Å². The van der Waals surface area contributed by atoms with E-state index in [-0.39, 0.29) is 25.7 Å². The minimum atomic E-state index is -4.96. The number of rotatable bonds is 82. The molecule has 0 bridgehead atoms. The normalized spacial score (nSPS) is 13.9. The van der Waals surface area contributed by atoms with Gasteiger partial charge >= 0.3 is 39.5 Å². The fourth-order valence-corrected chi connectivity index (χ4v) is 14.5. The molecule has 0 radical (unpaired) electrons. The highest BCUT2D eigenvalue weighted by Gasteiger charge is 2.30. The molecule has 19 heteroatoms. The topological polar surface area (TPSA) is 237 Å². The van der Waals surface area contributed by atoms with Crippen molar-refractivity contribution in [2.45, 2.75) is 458 Å². The van der Waals surface area contributed by atoms with Crippen LogP contribution in [-0.4, -0.2) is 96.7 Å². The molecule has 0 rings (SSSR count). The van der Waals surface area contributed by atoms with Crippen LogP contribution in [0.2, 0.25) is 0 Å². The Balaban J connectivity index is 5.23. The molecule has 17 nitrogen and oxygen atoms in total. The van der Waals surface area contributed by atoms with E-state index in [4.69, 9.17) is 37.0 Å². The van der Waals surface area contributed by atoms with Crippen molar-refractivity contribution < 1.29 is 80.2 Å². The summed E-state index contributed by atoms with van der Waals surface area (Å²) in [6, 6.07) is 0. The molecule has 102 heavy (non-hydrogen) atoms. The van der Waals surface area contributed by atoms with E-state index >= 15 is 0 Å². The van der Waals surface area contributed by atoms with E-state index in [1.807, 2.05) is 0 Å². The number of phosphoric acid groups is 2. The van der Waals surface area contributed by atoms with Crippen LogP contribution >= 0.6 is 15.6 Å². The van der Waals surface area contributed by atoms with E-state index in [0.29, 0.717) is 25.7 Å². The Morgan fingerprint density at radius 1 is 0.265 bits per heavy atom. The second-order valence-corrected chi connectivity index (χ2v) is 33.7. The fraction of sp³-hybridized carbons (Fsp3) is 0.952. The van der Waals surface area contributed by atoms with E-state index in [0.717, 1.165) is 102 Å². The van der Waals surface area contributed by atoms with Crippen LogP contribution in [0.1, 0.15) is 440 Å². The Labute approximate surface area is 626 Å². The molecule has 2 unspecified atom stereocenters. The lowest BCUT2D eigenvalue weighted by Crippen LogP contribution is -2.30. The Kier molecular flexibility index (Phi) is 73.1. The van der Waals surface area contributed by atoms with Gasteiger partial charge in [0.25, 0.3) is 0 Å². The minimum absolute atomic E-state index is 0.107. The second kappa shape index (κ2) is 74.5. The maximum Gasteiger partial charge on any atom is 0.472 e. The van der Waals surface area contributed by atoms with Gasteiger partial charge in [-0.15, -0.1) is 0 Å². The summed E-state index contributed by atoms with van der Waals surface area (Å²) in [4.78, 5) is 73.1. The number of unbranched alkanes of at least 4 members (excludes halogenated alkanes) is 52. The van der Waals surface area contributed by atoms with Gasteiger partial charge in [0, 0.05) is 25.7 Å². The Morgan fingerprint density at radius 2 is 0.451 bits per heavy atom. The number of ether oxygens (including phenoxy) is 4. The summed E-state index contributed by atoms with van der Waals surface area (Å²) in [6.45, 7) is 9.64. The molecule has 0 saturated heterocycles. The van der Waals surface area contributed by atoms with Crippen molar-refractivity contribution >= 4 is 39.5 Å². The predicted molar refractivity (Wildman–Crippen MR) is 418 cm³/mol. The summed E-state index contributed by atoms with van der Waals surface area (Å²) in [5, 5.41) is 10.7. The fourth-order valence-electron chi connectivity index (χ4n) is 12.9. The average molecular weight is 1490 g/mol. The lowest BCUT2D eigenvalue weighted by atomic mass is 10.0. The highest BCUT2D eigenvalue weighted by molar-refractivity contribution is 7.47. The zero-order valence-electron chi connectivity index (χ0n) is 66.9. The highest BCUT2D eigenvalue weighted by Crippen LogP contribution is 2.45. The number of hydrogen-bond acceptors (Lipinski definition) is 15. The van der Waals surface area contributed by atoms with Crippen molar-refractivity contribution in [2.75, 3.05) is 39.6 Å². The Hall–Kier alpha value is -1.94. The SMILES string of the molecule is CCCCCCCCCCCCCCCCCCCCCCCC(=O)O[C@H](COC(=O)CCCCCCCCCCCCCCCCC(C)C)COP(=O)(O)OC[C@@H](O)COP(=O)(O)OC[C@@H](COC(=O)CCCCCCCCCCC(C)C)OC(=O)CCCCCCCCCCCCCCC. The number of hydrogen-bond donors (Lipinski definition) is 3. The number of aliphatic hydroxyl groups is 1. The van der Waals surface area contributed by atoms with Crippen LogP contribution in [-0.2, 0) is 65.4 Å². The van der Waals surface area contributed by atoms with Crippen LogP contribution in [0.15, 0.2) is 0 Å². The van der Waals surface area contributed by atoms with Crippen molar-refractivity contribution in [3.8, 4) is 0 Å². The number of carbonyl (C=O) groups is 4. The Bertz CT molecular complexity index is 1960. The summed E-state index contributed by atoms with van der Waals surface area (Å²) in [7, 11) is -9.92. The zero-order valence-corrected chi connectivity index (χ0v) is 68.7. The van der Waals surface area contributed by atoms with E-state index in [2.05, 4.69) is 41.5 Å². The summed E-state index contributed by atoms with van der Waals surface area (Å²) >= 11 is 0. The van der Waals surface area contributed by atoms with Gasteiger partial charge in [-0.2, -0.15) is 0 Å². The number of aliphatic hydroxyl groups excluding tert-OH is 1. The summed E-state index contributed by atoms with van der Waals surface area (Å²) < 4.78 is 68.8. The summed E-state index contributed by atoms with van der Waals surface area (Å²) in [6.07, 6.45) is 65.3. The van der Waals surface area contributed by atoms with Crippen molar-refractivity contribution in [2.24, 2.45) is 11.8 Å². The maximum absolute atomic E-state index is 13.1. The number of phosphoric ester groups is 2. The Morgan fingerprint density at radius 3 is 0.667 bits per heavy atom. The molecule has 0 aromatic heterocycles. The second-order valence-electron chi connectivity index (χ2n) is 30.8. The van der Waals surface area contributed by atoms with Crippen molar-refractivity contribution in [1.29, 1.82) is 0 Å². The third kappa shape index (κ3) is 76.3. The monoisotopic (exact) mass is 1490 g/mol. The maximum atomic E-state index is 13.1. The van der Waals surface area contributed by atoms with Gasteiger partial charge in [0.15, 0.2) is 12.2 Å². The average Bonchev–Trinajstić information content (AvgIpc) is 0.917. The van der Waals surface area contributed by atoms with Gasteiger partial charge in [-0.05, 0) is 37.5 Å². The molecule has 0 amide bonds. The van der Waals surface area contributed by atoms with Gasteiger partial charge in [-0.3, -0.25) is 37.3 Å². The quantitative estimate of drug-likeness (QED) is 0.0222. The van der Waals surface area contributed by atoms with E-state index in [1.54, 1.807) is 0 Å². The lowest BCUT2D eigenvalue weighted by Gasteiger charge is -2.21. The molecule has 0 aliphatic carbocycles. The van der Waals surface area contributed by atoms with Gasteiger partial charge in [0.2, 0.25) is 0 Å². The third-order valence-corrected chi connectivity index (χ3v) is 21.4. The molecule has 0 saturated carbocycles. The van der Waals surface area contributed by atoms with Crippen LogP contribution in [0.5, 0.6) is 0 Å². The largest absolute Gasteiger partial charge is 0.472 e. The predicted octanol–water partition coefficient (Wildman–Crippen LogP) is 25.1. The molecule has 5 atom stereocenters. The molecule has 0 heterocycles. The first-order chi connectivity index (χ1) is 49.4. The zero-order chi connectivity index (χ0) is 74.9. The first-order valence-electron chi connectivity index (χ1n) is 43.0. The number of esters is 4. The van der Waals surface area contributed by atoms with Gasteiger partial charge in [-0.25, -0.2) is 9.13 Å². The van der Waals surface area contributed by atoms with Gasteiger partial charge < -0.3 is 33.8 Å². The van der Waals surface area contributed by atoms with E-state index in [1.165, 1.54) is 257 Å². The van der Waals surface area contributed by atoms with Crippen molar-refractivity contribution in [3.05, 3.63) is 0 Å². The third-order valence-electron chi connectivity index (χ3n) is 19.5. The highest BCUT2D eigenvalue weighted by atomic mass is 31.2. The van der Waals surface area contributed by atoms with Crippen molar-refractivity contribution in [3.63, 3.8) is 0 Å². The molecule has 0 aliphatic rings. The molecule has 0 aromatic carbocycles. The molecule has 606 valence electrons.